The Bertz CT molecular complexity index is 833. The molecule has 0 aliphatic carbocycles. The van der Waals surface area contributed by atoms with Crippen LogP contribution in [0.3, 0.4) is 0 Å². The Labute approximate surface area is 190 Å². The molecule has 0 bridgehead atoms. The normalized spacial score (nSPS) is 17.2. The molecule has 1 aliphatic rings. The van der Waals surface area contributed by atoms with Gasteiger partial charge in [-0.05, 0) is 31.0 Å². The summed E-state index contributed by atoms with van der Waals surface area (Å²) in [4.78, 5) is 7.29. The SMILES string of the molecule is CCc1nncn1CCNC(=NCC(c1ccc(F)cc1)N1CCOCC1)NC(C)CC. The number of rotatable bonds is 10. The lowest BCUT2D eigenvalue weighted by molar-refractivity contribution is 0.0179. The van der Waals surface area contributed by atoms with Gasteiger partial charge in [-0.1, -0.05) is 26.0 Å². The van der Waals surface area contributed by atoms with Crippen molar-refractivity contribution in [2.24, 2.45) is 4.99 Å². The fourth-order valence-electron chi connectivity index (χ4n) is 3.71. The third-order valence-electron chi connectivity index (χ3n) is 5.82. The van der Waals surface area contributed by atoms with Crippen LogP contribution < -0.4 is 10.6 Å². The molecule has 9 heteroatoms. The number of hydrogen-bond acceptors (Lipinski definition) is 5. The van der Waals surface area contributed by atoms with Crippen LogP contribution in [0.2, 0.25) is 0 Å². The van der Waals surface area contributed by atoms with E-state index in [0.717, 1.165) is 49.8 Å². The summed E-state index contributed by atoms with van der Waals surface area (Å²) < 4.78 is 21.1. The Hall–Kier alpha value is -2.52. The molecular formula is C23H36FN7O. The van der Waals surface area contributed by atoms with Crippen molar-refractivity contribution >= 4 is 5.96 Å². The predicted octanol–water partition coefficient (Wildman–Crippen LogP) is 2.39. The number of aromatic nitrogens is 3. The molecule has 32 heavy (non-hydrogen) atoms. The lowest BCUT2D eigenvalue weighted by atomic mass is 10.0. The van der Waals surface area contributed by atoms with Gasteiger partial charge < -0.3 is 19.9 Å². The van der Waals surface area contributed by atoms with Crippen LogP contribution in [0.25, 0.3) is 0 Å². The molecule has 0 radical (unpaired) electrons. The molecule has 2 unspecified atom stereocenters. The molecule has 1 aromatic carbocycles. The van der Waals surface area contributed by atoms with Gasteiger partial charge in [0.1, 0.15) is 18.0 Å². The smallest absolute Gasteiger partial charge is 0.191 e. The van der Waals surface area contributed by atoms with Gasteiger partial charge in [0.05, 0.1) is 25.8 Å². The fraction of sp³-hybridized carbons (Fsp3) is 0.609. The number of hydrogen-bond donors (Lipinski definition) is 2. The van der Waals surface area contributed by atoms with Crippen LogP contribution in [0.15, 0.2) is 35.6 Å². The Kier molecular flexibility index (Phi) is 9.43. The maximum atomic E-state index is 13.5. The maximum absolute atomic E-state index is 13.5. The van der Waals surface area contributed by atoms with Gasteiger partial charge in [0, 0.05) is 38.6 Å². The third-order valence-corrected chi connectivity index (χ3v) is 5.82. The van der Waals surface area contributed by atoms with Crippen molar-refractivity contribution in [3.8, 4) is 0 Å². The molecule has 2 heterocycles. The van der Waals surface area contributed by atoms with Crippen molar-refractivity contribution in [2.75, 3.05) is 39.4 Å². The van der Waals surface area contributed by atoms with Crippen molar-refractivity contribution in [3.63, 3.8) is 0 Å². The average molecular weight is 446 g/mol. The van der Waals surface area contributed by atoms with Crippen molar-refractivity contribution in [3.05, 3.63) is 47.8 Å². The minimum absolute atomic E-state index is 0.0691. The summed E-state index contributed by atoms with van der Waals surface area (Å²) >= 11 is 0. The van der Waals surface area contributed by atoms with Gasteiger partial charge in [-0.15, -0.1) is 10.2 Å². The Balaban J connectivity index is 1.71. The summed E-state index contributed by atoms with van der Waals surface area (Å²) in [5, 5.41) is 15.1. The van der Waals surface area contributed by atoms with Gasteiger partial charge in [-0.25, -0.2) is 4.39 Å². The number of nitrogens with zero attached hydrogens (tertiary/aromatic N) is 5. The number of ether oxygens (including phenoxy) is 1. The summed E-state index contributed by atoms with van der Waals surface area (Å²) in [6, 6.07) is 7.13. The van der Waals surface area contributed by atoms with Crippen LogP contribution in [0, 0.1) is 5.82 Å². The number of aryl methyl sites for hydroxylation is 1. The first-order valence-corrected chi connectivity index (χ1v) is 11.6. The minimum atomic E-state index is -0.223. The topological polar surface area (TPSA) is 79.6 Å². The van der Waals surface area contributed by atoms with Crippen molar-refractivity contribution in [1.29, 1.82) is 0 Å². The Morgan fingerprint density at radius 3 is 2.66 bits per heavy atom. The first-order chi connectivity index (χ1) is 15.6. The van der Waals surface area contributed by atoms with Gasteiger partial charge in [-0.3, -0.25) is 9.89 Å². The van der Waals surface area contributed by atoms with Crippen LogP contribution >= 0.6 is 0 Å². The molecule has 2 N–H and O–H groups in total. The molecule has 1 fully saturated rings. The van der Waals surface area contributed by atoms with E-state index in [1.54, 1.807) is 6.33 Å². The summed E-state index contributed by atoms with van der Waals surface area (Å²) in [6.45, 7) is 11.5. The zero-order chi connectivity index (χ0) is 22.8. The van der Waals surface area contributed by atoms with E-state index in [1.165, 1.54) is 12.1 Å². The zero-order valence-electron chi connectivity index (χ0n) is 19.4. The summed E-state index contributed by atoms with van der Waals surface area (Å²) in [7, 11) is 0. The second kappa shape index (κ2) is 12.5. The van der Waals surface area contributed by atoms with E-state index in [1.807, 2.05) is 12.1 Å². The minimum Gasteiger partial charge on any atom is -0.379 e. The van der Waals surface area contributed by atoms with Crippen molar-refractivity contribution in [2.45, 2.75) is 52.2 Å². The van der Waals surface area contributed by atoms with E-state index in [0.29, 0.717) is 32.3 Å². The Morgan fingerprint density at radius 1 is 1.22 bits per heavy atom. The predicted molar refractivity (Wildman–Crippen MR) is 124 cm³/mol. The van der Waals surface area contributed by atoms with E-state index in [9.17, 15) is 4.39 Å². The van der Waals surface area contributed by atoms with Crippen molar-refractivity contribution < 1.29 is 9.13 Å². The maximum Gasteiger partial charge on any atom is 0.191 e. The van der Waals surface area contributed by atoms with E-state index < -0.39 is 0 Å². The largest absolute Gasteiger partial charge is 0.379 e. The molecule has 2 atom stereocenters. The standard InChI is InChI=1S/C23H36FN7O/c1-4-18(3)28-23(25-10-11-31-17-27-29-22(31)5-2)26-16-21(30-12-14-32-15-13-30)19-6-8-20(24)9-7-19/h6-9,17-18,21H,4-5,10-16H2,1-3H3,(H2,25,26,28). The molecule has 1 aromatic heterocycles. The molecule has 3 rings (SSSR count). The van der Waals surface area contributed by atoms with Crippen LogP contribution in [0.1, 0.15) is 44.6 Å². The summed E-state index contributed by atoms with van der Waals surface area (Å²) in [5.74, 6) is 1.54. The highest BCUT2D eigenvalue weighted by molar-refractivity contribution is 5.80. The number of aliphatic imine (C=N–C) groups is 1. The number of benzene rings is 1. The number of guanidine groups is 1. The molecule has 0 amide bonds. The number of nitrogens with one attached hydrogen (secondary N) is 2. The second-order valence-electron chi connectivity index (χ2n) is 8.08. The van der Waals surface area contributed by atoms with Gasteiger partial charge in [0.2, 0.25) is 0 Å². The summed E-state index contributed by atoms with van der Waals surface area (Å²) in [6.07, 6.45) is 3.62. The molecule has 8 nitrogen and oxygen atoms in total. The first-order valence-electron chi connectivity index (χ1n) is 11.6. The van der Waals surface area contributed by atoms with Gasteiger partial charge in [-0.2, -0.15) is 0 Å². The van der Waals surface area contributed by atoms with Crippen LogP contribution in [0.5, 0.6) is 0 Å². The molecule has 0 spiro atoms. The number of morpholine rings is 1. The second-order valence-corrected chi connectivity index (χ2v) is 8.08. The molecule has 176 valence electrons. The molecule has 0 saturated carbocycles. The quantitative estimate of drug-likeness (QED) is 0.432. The van der Waals surface area contributed by atoms with E-state index in [-0.39, 0.29) is 11.9 Å². The number of halogens is 1. The van der Waals surface area contributed by atoms with Gasteiger partial charge in [0.25, 0.3) is 0 Å². The zero-order valence-corrected chi connectivity index (χ0v) is 19.4. The molecule has 1 aliphatic heterocycles. The lowest BCUT2D eigenvalue weighted by Gasteiger charge is -2.34. The van der Waals surface area contributed by atoms with Crippen LogP contribution in [-0.4, -0.2) is 71.1 Å². The highest BCUT2D eigenvalue weighted by Gasteiger charge is 2.23. The molecule has 1 saturated heterocycles. The highest BCUT2D eigenvalue weighted by atomic mass is 19.1. The highest BCUT2D eigenvalue weighted by Crippen LogP contribution is 2.22. The monoisotopic (exact) mass is 445 g/mol. The molecular weight excluding hydrogens is 409 g/mol. The average Bonchev–Trinajstić information content (AvgIpc) is 3.28. The van der Waals surface area contributed by atoms with Crippen LogP contribution in [-0.2, 0) is 17.7 Å². The van der Waals surface area contributed by atoms with E-state index in [2.05, 4.69) is 51.1 Å². The first kappa shape index (κ1) is 24.1. The van der Waals surface area contributed by atoms with Gasteiger partial charge >= 0.3 is 0 Å². The Morgan fingerprint density at radius 2 is 1.97 bits per heavy atom. The third kappa shape index (κ3) is 7.00. The van der Waals surface area contributed by atoms with Crippen LogP contribution in [0.4, 0.5) is 4.39 Å². The van der Waals surface area contributed by atoms with Crippen molar-refractivity contribution in [1.82, 2.24) is 30.3 Å². The van der Waals surface area contributed by atoms with Gasteiger partial charge in [0.15, 0.2) is 5.96 Å². The lowest BCUT2D eigenvalue weighted by Crippen LogP contribution is -2.44. The molecule has 2 aromatic rings. The fourth-order valence-corrected chi connectivity index (χ4v) is 3.71. The van der Waals surface area contributed by atoms with E-state index >= 15 is 0 Å². The summed E-state index contributed by atoms with van der Waals surface area (Å²) in [5.41, 5.74) is 1.07. The van der Waals surface area contributed by atoms with E-state index in [4.69, 9.17) is 9.73 Å².